The van der Waals surface area contributed by atoms with E-state index < -0.39 is 6.04 Å². The fourth-order valence-electron chi connectivity index (χ4n) is 2.75. The Morgan fingerprint density at radius 2 is 2.00 bits per heavy atom. The molecule has 0 aromatic heterocycles. The van der Waals surface area contributed by atoms with E-state index in [1.54, 1.807) is 0 Å². The summed E-state index contributed by atoms with van der Waals surface area (Å²) < 4.78 is 0. The molecule has 1 amide bonds. The molecule has 1 aromatic rings. The summed E-state index contributed by atoms with van der Waals surface area (Å²) in [7, 11) is 0. The van der Waals surface area contributed by atoms with Crippen LogP contribution in [0.4, 0.5) is 5.69 Å². The number of amides is 1. The van der Waals surface area contributed by atoms with E-state index in [1.165, 1.54) is 5.56 Å². The quantitative estimate of drug-likeness (QED) is 0.830. The Kier molecular flexibility index (Phi) is 3.71. The summed E-state index contributed by atoms with van der Waals surface area (Å²) in [6.07, 6.45) is 3.36. The van der Waals surface area contributed by atoms with Crippen LogP contribution >= 0.6 is 0 Å². The molecule has 2 rings (SSSR count). The second kappa shape index (κ2) is 5.11. The molecule has 0 saturated carbocycles. The summed E-state index contributed by atoms with van der Waals surface area (Å²) in [5.74, 6) is 0.0507. The first-order chi connectivity index (χ1) is 8.56. The van der Waals surface area contributed by atoms with Crippen LogP contribution in [0.15, 0.2) is 12.1 Å². The number of fused-ring (bicyclic) bond motifs is 1. The number of hydrogen-bond acceptors (Lipinski definition) is 2. The van der Waals surface area contributed by atoms with Gasteiger partial charge in [-0.15, -0.1) is 0 Å². The molecule has 1 aromatic carbocycles. The zero-order valence-electron chi connectivity index (χ0n) is 11.5. The first-order valence-corrected chi connectivity index (χ1v) is 6.74. The molecule has 0 aliphatic carbocycles. The van der Waals surface area contributed by atoms with Crippen LogP contribution in [0.5, 0.6) is 0 Å². The van der Waals surface area contributed by atoms with E-state index in [1.807, 2.05) is 17.9 Å². The SMILES string of the molecule is CCCCCN1C(=O)C(N)c2cc(C)cc(C)c21. The number of unbranched alkanes of at least 4 members (excludes halogenated alkanes) is 2. The number of rotatable bonds is 4. The molecule has 1 unspecified atom stereocenters. The van der Waals surface area contributed by atoms with Gasteiger partial charge in [0.25, 0.3) is 0 Å². The minimum absolute atomic E-state index is 0.0507. The predicted octanol–water partition coefficient (Wildman–Crippen LogP) is 2.84. The maximum atomic E-state index is 12.2. The molecule has 98 valence electrons. The molecule has 0 radical (unpaired) electrons. The van der Waals surface area contributed by atoms with Gasteiger partial charge in [-0.2, -0.15) is 0 Å². The average Bonchev–Trinajstić information content (AvgIpc) is 2.55. The molecular weight excluding hydrogens is 224 g/mol. The molecule has 0 saturated heterocycles. The highest BCUT2D eigenvalue weighted by Gasteiger charge is 2.35. The number of nitrogens with zero attached hydrogens (tertiary/aromatic N) is 1. The summed E-state index contributed by atoms with van der Waals surface area (Å²) in [4.78, 5) is 14.1. The van der Waals surface area contributed by atoms with E-state index in [0.717, 1.165) is 42.6 Å². The number of carbonyl (C=O) groups is 1. The molecule has 1 heterocycles. The molecule has 1 atom stereocenters. The van der Waals surface area contributed by atoms with Crippen molar-refractivity contribution >= 4 is 11.6 Å². The number of aryl methyl sites for hydroxylation is 2. The lowest BCUT2D eigenvalue weighted by Crippen LogP contribution is -2.32. The van der Waals surface area contributed by atoms with Crippen molar-refractivity contribution in [2.24, 2.45) is 5.73 Å². The van der Waals surface area contributed by atoms with Crippen LogP contribution in [0.2, 0.25) is 0 Å². The molecule has 2 N–H and O–H groups in total. The van der Waals surface area contributed by atoms with Crippen LogP contribution in [0, 0.1) is 13.8 Å². The Morgan fingerprint density at radius 1 is 1.28 bits per heavy atom. The van der Waals surface area contributed by atoms with Crippen LogP contribution in [-0.2, 0) is 4.79 Å². The number of carbonyl (C=O) groups excluding carboxylic acids is 1. The lowest BCUT2D eigenvalue weighted by molar-refractivity contribution is -0.119. The van der Waals surface area contributed by atoms with Crippen molar-refractivity contribution in [3.8, 4) is 0 Å². The summed E-state index contributed by atoms with van der Waals surface area (Å²) in [6, 6.07) is 3.70. The zero-order chi connectivity index (χ0) is 13.3. The highest BCUT2D eigenvalue weighted by Crippen LogP contribution is 2.38. The molecule has 1 aliphatic rings. The maximum Gasteiger partial charge on any atom is 0.248 e. The zero-order valence-corrected chi connectivity index (χ0v) is 11.5. The topological polar surface area (TPSA) is 46.3 Å². The standard InChI is InChI=1S/C15H22N2O/c1-4-5-6-7-17-14-11(3)8-10(2)9-12(14)13(16)15(17)18/h8-9,13H,4-7,16H2,1-3H3. The number of anilines is 1. The molecule has 18 heavy (non-hydrogen) atoms. The van der Waals surface area contributed by atoms with Gasteiger partial charge in [-0.05, 0) is 25.8 Å². The van der Waals surface area contributed by atoms with Crippen molar-refractivity contribution in [3.63, 3.8) is 0 Å². The molecular formula is C15H22N2O. The van der Waals surface area contributed by atoms with Crippen LogP contribution in [-0.4, -0.2) is 12.5 Å². The molecule has 3 nitrogen and oxygen atoms in total. The van der Waals surface area contributed by atoms with Gasteiger partial charge in [0.1, 0.15) is 6.04 Å². The molecule has 0 bridgehead atoms. The van der Waals surface area contributed by atoms with Gasteiger partial charge in [-0.1, -0.05) is 37.5 Å². The Balaban J connectivity index is 2.32. The lowest BCUT2D eigenvalue weighted by atomic mass is 10.0. The van der Waals surface area contributed by atoms with Gasteiger partial charge in [0.05, 0.1) is 5.69 Å². The monoisotopic (exact) mass is 246 g/mol. The summed E-state index contributed by atoms with van der Waals surface area (Å²) >= 11 is 0. The minimum atomic E-state index is -0.472. The van der Waals surface area contributed by atoms with Gasteiger partial charge in [0.2, 0.25) is 5.91 Å². The Labute approximate surface area is 109 Å². The van der Waals surface area contributed by atoms with Crippen molar-refractivity contribution in [1.82, 2.24) is 0 Å². The first kappa shape index (κ1) is 13.1. The normalized spacial score (nSPS) is 18.3. The van der Waals surface area contributed by atoms with Crippen LogP contribution < -0.4 is 10.6 Å². The smallest absolute Gasteiger partial charge is 0.248 e. The highest BCUT2D eigenvalue weighted by atomic mass is 16.2. The third-order valence-corrected chi connectivity index (χ3v) is 3.60. The van der Waals surface area contributed by atoms with Crippen molar-refractivity contribution in [3.05, 3.63) is 28.8 Å². The lowest BCUT2D eigenvalue weighted by Gasteiger charge is -2.19. The van der Waals surface area contributed by atoms with Crippen molar-refractivity contribution in [2.75, 3.05) is 11.4 Å². The van der Waals surface area contributed by atoms with Crippen LogP contribution in [0.1, 0.15) is 48.9 Å². The van der Waals surface area contributed by atoms with Gasteiger partial charge in [-0.25, -0.2) is 0 Å². The van der Waals surface area contributed by atoms with E-state index in [-0.39, 0.29) is 5.91 Å². The van der Waals surface area contributed by atoms with E-state index in [2.05, 4.69) is 19.9 Å². The molecule has 0 spiro atoms. The van der Waals surface area contributed by atoms with Gasteiger partial charge in [0, 0.05) is 12.1 Å². The van der Waals surface area contributed by atoms with E-state index in [4.69, 9.17) is 5.73 Å². The fraction of sp³-hybridized carbons (Fsp3) is 0.533. The predicted molar refractivity (Wildman–Crippen MR) is 74.7 cm³/mol. The molecule has 1 aliphatic heterocycles. The average molecular weight is 246 g/mol. The maximum absolute atomic E-state index is 12.2. The van der Waals surface area contributed by atoms with Gasteiger partial charge < -0.3 is 10.6 Å². The van der Waals surface area contributed by atoms with Crippen LogP contribution in [0.3, 0.4) is 0 Å². The highest BCUT2D eigenvalue weighted by molar-refractivity contribution is 6.05. The van der Waals surface area contributed by atoms with Crippen LogP contribution in [0.25, 0.3) is 0 Å². The van der Waals surface area contributed by atoms with E-state index in [9.17, 15) is 4.79 Å². The third kappa shape index (κ3) is 2.15. The second-order valence-corrected chi connectivity index (χ2v) is 5.19. The number of benzene rings is 1. The third-order valence-electron chi connectivity index (χ3n) is 3.60. The largest absolute Gasteiger partial charge is 0.316 e. The number of hydrogen-bond donors (Lipinski definition) is 1. The van der Waals surface area contributed by atoms with E-state index >= 15 is 0 Å². The molecule has 0 fully saturated rings. The number of nitrogens with two attached hydrogens (primary N) is 1. The molecule has 3 heteroatoms. The van der Waals surface area contributed by atoms with Gasteiger partial charge in [0.15, 0.2) is 0 Å². The Hall–Kier alpha value is -1.35. The Morgan fingerprint density at radius 3 is 2.67 bits per heavy atom. The van der Waals surface area contributed by atoms with Gasteiger partial charge >= 0.3 is 0 Å². The van der Waals surface area contributed by atoms with Crippen molar-refractivity contribution < 1.29 is 4.79 Å². The second-order valence-electron chi connectivity index (χ2n) is 5.19. The van der Waals surface area contributed by atoms with Crippen molar-refractivity contribution in [2.45, 2.75) is 46.1 Å². The summed E-state index contributed by atoms with van der Waals surface area (Å²) in [5, 5.41) is 0. The Bertz CT molecular complexity index is 468. The van der Waals surface area contributed by atoms with E-state index in [0.29, 0.717) is 0 Å². The van der Waals surface area contributed by atoms with Crippen molar-refractivity contribution in [1.29, 1.82) is 0 Å². The summed E-state index contributed by atoms with van der Waals surface area (Å²) in [5.41, 5.74) is 10.4. The fourth-order valence-corrected chi connectivity index (χ4v) is 2.75. The minimum Gasteiger partial charge on any atom is -0.316 e. The summed E-state index contributed by atoms with van der Waals surface area (Å²) in [6.45, 7) is 7.06. The first-order valence-electron chi connectivity index (χ1n) is 6.74. The van der Waals surface area contributed by atoms with Gasteiger partial charge in [-0.3, -0.25) is 4.79 Å².